The van der Waals surface area contributed by atoms with Crippen molar-refractivity contribution in [2.24, 2.45) is 22.1 Å². The molecule has 0 aliphatic carbocycles. The second kappa shape index (κ2) is 6.97. The van der Waals surface area contributed by atoms with Crippen molar-refractivity contribution in [3.05, 3.63) is 0 Å². The quantitative estimate of drug-likeness (QED) is 0.624. The maximum Gasteiger partial charge on any atom is 0.191 e. The van der Waals surface area contributed by atoms with Gasteiger partial charge in [-0.05, 0) is 25.2 Å². The zero-order valence-corrected chi connectivity index (χ0v) is 14.0. The minimum Gasteiger partial charge on any atom is -0.377 e. The topological polar surface area (TPSA) is 60.1 Å². The van der Waals surface area contributed by atoms with E-state index < -0.39 is 0 Å². The lowest BCUT2D eigenvalue weighted by atomic mass is 9.78. The van der Waals surface area contributed by atoms with Crippen molar-refractivity contribution in [3.8, 4) is 0 Å². The summed E-state index contributed by atoms with van der Waals surface area (Å²) in [4.78, 5) is 6.78. The number of nitrogens with two attached hydrogens (primary N) is 1. The molecule has 2 rings (SSSR count). The van der Waals surface area contributed by atoms with Crippen LogP contribution in [-0.4, -0.2) is 55.9 Å². The first-order chi connectivity index (χ1) is 9.88. The normalized spacial score (nSPS) is 32.3. The van der Waals surface area contributed by atoms with E-state index in [1.54, 1.807) is 0 Å². The number of hydrogen-bond acceptors (Lipinski definition) is 3. The maximum absolute atomic E-state index is 6.16. The molecule has 21 heavy (non-hydrogen) atoms. The van der Waals surface area contributed by atoms with E-state index in [2.05, 4.69) is 37.6 Å². The standard InChI is InChI=1S/C16H31N3O2/c1-12-11-19(7-9-20-12)15(17)18-10-13-6-5-8-21-14(13)16(2,3)4/h12-14H,5-11H2,1-4H3,(H2,17,18). The maximum atomic E-state index is 6.16. The molecule has 2 aliphatic heterocycles. The van der Waals surface area contributed by atoms with Gasteiger partial charge in [0.2, 0.25) is 0 Å². The van der Waals surface area contributed by atoms with Crippen LogP contribution in [0.3, 0.4) is 0 Å². The third-order valence-electron chi connectivity index (χ3n) is 4.35. The Balaban J connectivity index is 1.94. The molecule has 2 aliphatic rings. The molecule has 0 bridgehead atoms. The van der Waals surface area contributed by atoms with Crippen molar-refractivity contribution in [3.63, 3.8) is 0 Å². The predicted molar refractivity (Wildman–Crippen MR) is 85.4 cm³/mol. The van der Waals surface area contributed by atoms with Crippen molar-refractivity contribution >= 4 is 5.96 Å². The minimum atomic E-state index is 0.156. The van der Waals surface area contributed by atoms with Gasteiger partial charge in [-0.3, -0.25) is 4.99 Å². The Kier molecular flexibility index (Phi) is 5.49. The molecule has 2 heterocycles. The fourth-order valence-electron chi connectivity index (χ4n) is 3.32. The molecule has 2 fully saturated rings. The van der Waals surface area contributed by atoms with Gasteiger partial charge in [-0.25, -0.2) is 0 Å². The number of rotatable bonds is 2. The van der Waals surface area contributed by atoms with Crippen LogP contribution in [0.2, 0.25) is 0 Å². The lowest BCUT2D eigenvalue weighted by Gasteiger charge is -2.40. The number of hydrogen-bond donors (Lipinski definition) is 1. The molecule has 3 atom stereocenters. The van der Waals surface area contributed by atoms with Gasteiger partial charge in [0, 0.05) is 32.2 Å². The molecule has 0 radical (unpaired) electrons. The average Bonchev–Trinajstić information content (AvgIpc) is 2.44. The second-order valence-electron chi connectivity index (χ2n) is 7.39. The molecule has 0 saturated carbocycles. The Morgan fingerprint density at radius 1 is 1.29 bits per heavy atom. The smallest absolute Gasteiger partial charge is 0.191 e. The number of ether oxygens (including phenoxy) is 2. The van der Waals surface area contributed by atoms with Crippen molar-refractivity contribution < 1.29 is 9.47 Å². The number of morpholine rings is 1. The molecule has 2 saturated heterocycles. The number of aliphatic imine (C=N–C) groups is 1. The zero-order chi connectivity index (χ0) is 15.5. The largest absolute Gasteiger partial charge is 0.377 e. The summed E-state index contributed by atoms with van der Waals surface area (Å²) in [5.41, 5.74) is 6.32. The van der Waals surface area contributed by atoms with Crippen molar-refractivity contribution in [1.29, 1.82) is 0 Å². The summed E-state index contributed by atoms with van der Waals surface area (Å²) in [6, 6.07) is 0. The van der Waals surface area contributed by atoms with Gasteiger partial charge in [-0.15, -0.1) is 0 Å². The third-order valence-corrected chi connectivity index (χ3v) is 4.35. The van der Waals surface area contributed by atoms with Gasteiger partial charge in [-0.1, -0.05) is 20.8 Å². The second-order valence-corrected chi connectivity index (χ2v) is 7.39. The average molecular weight is 297 g/mol. The number of guanidine groups is 1. The summed E-state index contributed by atoms with van der Waals surface area (Å²) in [6.07, 6.45) is 2.80. The van der Waals surface area contributed by atoms with Crippen LogP contribution in [0.5, 0.6) is 0 Å². The number of nitrogens with zero attached hydrogens (tertiary/aromatic N) is 2. The fourth-order valence-corrected chi connectivity index (χ4v) is 3.32. The van der Waals surface area contributed by atoms with Gasteiger partial charge < -0.3 is 20.1 Å². The Morgan fingerprint density at radius 2 is 2.05 bits per heavy atom. The summed E-state index contributed by atoms with van der Waals surface area (Å²) >= 11 is 0. The van der Waals surface area contributed by atoms with Gasteiger partial charge in [-0.2, -0.15) is 0 Å². The predicted octanol–water partition coefficient (Wildman–Crippen LogP) is 1.86. The van der Waals surface area contributed by atoms with E-state index in [-0.39, 0.29) is 17.6 Å². The van der Waals surface area contributed by atoms with Crippen molar-refractivity contribution in [2.75, 3.05) is 32.8 Å². The van der Waals surface area contributed by atoms with Crippen LogP contribution < -0.4 is 5.73 Å². The molecule has 0 aromatic heterocycles. The molecule has 0 aromatic rings. The van der Waals surface area contributed by atoms with E-state index in [0.717, 1.165) is 39.3 Å². The highest BCUT2D eigenvalue weighted by molar-refractivity contribution is 5.78. The Labute approximate surface area is 128 Å². The Bertz CT molecular complexity index is 365. The molecule has 0 spiro atoms. The van der Waals surface area contributed by atoms with Crippen LogP contribution in [0.15, 0.2) is 4.99 Å². The minimum absolute atomic E-state index is 0.156. The molecule has 2 N–H and O–H groups in total. The van der Waals surface area contributed by atoms with E-state index in [9.17, 15) is 0 Å². The molecular weight excluding hydrogens is 266 g/mol. The van der Waals surface area contributed by atoms with E-state index >= 15 is 0 Å². The van der Waals surface area contributed by atoms with Crippen molar-refractivity contribution in [1.82, 2.24) is 4.90 Å². The Morgan fingerprint density at radius 3 is 2.71 bits per heavy atom. The van der Waals surface area contributed by atoms with Crippen LogP contribution >= 0.6 is 0 Å². The molecular formula is C16H31N3O2. The van der Waals surface area contributed by atoms with Gasteiger partial charge in [0.15, 0.2) is 5.96 Å². The summed E-state index contributed by atoms with van der Waals surface area (Å²) < 4.78 is 11.5. The lowest BCUT2D eigenvalue weighted by Crippen LogP contribution is -2.48. The van der Waals surface area contributed by atoms with E-state index in [4.69, 9.17) is 15.2 Å². The van der Waals surface area contributed by atoms with Gasteiger partial charge in [0.25, 0.3) is 0 Å². The first-order valence-electron chi connectivity index (χ1n) is 8.16. The monoisotopic (exact) mass is 297 g/mol. The van der Waals surface area contributed by atoms with E-state index in [1.807, 2.05) is 0 Å². The lowest BCUT2D eigenvalue weighted by molar-refractivity contribution is -0.0824. The van der Waals surface area contributed by atoms with Crippen LogP contribution in [0.4, 0.5) is 0 Å². The van der Waals surface area contributed by atoms with Crippen molar-refractivity contribution in [2.45, 2.75) is 52.7 Å². The summed E-state index contributed by atoms with van der Waals surface area (Å²) in [7, 11) is 0. The molecule has 0 amide bonds. The summed E-state index contributed by atoms with van der Waals surface area (Å²) in [6.45, 7) is 12.8. The molecule has 3 unspecified atom stereocenters. The highest BCUT2D eigenvalue weighted by Crippen LogP contribution is 2.34. The molecule has 5 nitrogen and oxygen atoms in total. The summed E-state index contributed by atoms with van der Waals surface area (Å²) in [5.74, 6) is 1.12. The molecule has 122 valence electrons. The summed E-state index contributed by atoms with van der Waals surface area (Å²) in [5, 5.41) is 0. The first-order valence-corrected chi connectivity index (χ1v) is 8.16. The Hall–Kier alpha value is -0.810. The third kappa shape index (κ3) is 4.58. The van der Waals surface area contributed by atoms with E-state index in [1.165, 1.54) is 6.42 Å². The SMILES string of the molecule is CC1CN(C(N)=NCC2CCCOC2C(C)(C)C)CCO1. The molecule has 5 heteroatoms. The van der Waals surface area contributed by atoms with E-state index in [0.29, 0.717) is 11.9 Å². The molecule has 0 aromatic carbocycles. The van der Waals surface area contributed by atoms with Gasteiger partial charge in [0.05, 0.1) is 18.8 Å². The van der Waals surface area contributed by atoms with Gasteiger partial charge in [0.1, 0.15) is 0 Å². The highest BCUT2D eigenvalue weighted by atomic mass is 16.5. The van der Waals surface area contributed by atoms with Crippen LogP contribution in [0.25, 0.3) is 0 Å². The van der Waals surface area contributed by atoms with Crippen LogP contribution in [0, 0.1) is 11.3 Å². The fraction of sp³-hybridized carbons (Fsp3) is 0.938. The van der Waals surface area contributed by atoms with Crippen LogP contribution in [-0.2, 0) is 9.47 Å². The van der Waals surface area contributed by atoms with Gasteiger partial charge >= 0.3 is 0 Å². The first kappa shape index (κ1) is 16.6. The zero-order valence-electron chi connectivity index (χ0n) is 14.0. The highest BCUT2D eigenvalue weighted by Gasteiger charge is 2.35. The van der Waals surface area contributed by atoms with Crippen LogP contribution in [0.1, 0.15) is 40.5 Å².